The van der Waals surface area contributed by atoms with Crippen LogP contribution in [0.4, 0.5) is 0 Å². The van der Waals surface area contributed by atoms with Crippen molar-refractivity contribution in [3.05, 3.63) is 82.2 Å². The van der Waals surface area contributed by atoms with E-state index < -0.39 is 0 Å². The maximum Gasteiger partial charge on any atom is 0.217 e. The van der Waals surface area contributed by atoms with E-state index in [4.69, 9.17) is 0 Å². The molecule has 1 aromatic heterocycles. The third-order valence-electron chi connectivity index (χ3n) is 5.98. The van der Waals surface area contributed by atoms with Crippen molar-refractivity contribution in [2.45, 2.75) is 72.4 Å². The minimum atomic E-state index is -0.291. The van der Waals surface area contributed by atoms with Crippen molar-refractivity contribution in [3.8, 4) is 5.75 Å². The molecule has 0 fully saturated rings. The summed E-state index contributed by atoms with van der Waals surface area (Å²) in [6.45, 7) is 15.2. The van der Waals surface area contributed by atoms with Crippen molar-refractivity contribution >= 4 is 21.9 Å². The van der Waals surface area contributed by atoms with Crippen LogP contribution in [0.1, 0.15) is 74.2 Å². The van der Waals surface area contributed by atoms with Gasteiger partial charge in [0.1, 0.15) is 5.75 Å². The van der Waals surface area contributed by atoms with Crippen molar-refractivity contribution in [2.24, 2.45) is 4.02 Å². The molecule has 0 unspecified atom stereocenters. The largest absolute Gasteiger partial charge is 0.507 e. The van der Waals surface area contributed by atoms with Gasteiger partial charge < -0.3 is 14.2 Å². The van der Waals surface area contributed by atoms with Gasteiger partial charge in [-0.15, -0.1) is 0 Å². The number of ketones is 1. The Kier molecular flexibility index (Phi) is 7.08. The number of imidazole rings is 1. The number of carbonyl (C=O) groups is 1. The molecule has 0 aliphatic heterocycles. The van der Waals surface area contributed by atoms with Gasteiger partial charge >= 0.3 is 0 Å². The number of phenols is 1. The second-order valence-corrected chi connectivity index (χ2v) is 11.1. The minimum absolute atomic E-state index is 0.0259. The van der Waals surface area contributed by atoms with Crippen LogP contribution in [0.25, 0.3) is 0 Å². The maximum absolute atomic E-state index is 13.4. The Labute approximate surface area is 205 Å². The first-order valence-electron chi connectivity index (χ1n) is 11.2. The summed E-state index contributed by atoms with van der Waals surface area (Å²) in [6.07, 6.45) is 3.82. The first kappa shape index (κ1) is 25.0. The maximum atomic E-state index is 13.4. The molecule has 33 heavy (non-hydrogen) atoms. The van der Waals surface area contributed by atoms with Crippen LogP contribution in [-0.2, 0) is 23.9 Å². The highest BCUT2D eigenvalue weighted by Crippen LogP contribution is 2.39. The van der Waals surface area contributed by atoms with E-state index in [2.05, 4.69) is 39.2 Å². The molecule has 176 valence electrons. The Hall–Kier alpha value is -2.60. The standard InChI is InChI=1S/C27H34BrN3O2/c1-18-10-8-9-11-19(18)16-30-12-13-31(25(30)29-28)17-23(32)20-14-21(26(2,3)4)24(33)22(15-20)27(5,6)7/h8-15,33H,16-17H2,1-7H3/b29-25-. The highest BCUT2D eigenvalue weighted by atomic mass is 79.9. The molecule has 0 saturated heterocycles. The minimum Gasteiger partial charge on any atom is -0.507 e. The lowest BCUT2D eigenvalue weighted by molar-refractivity contribution is 0.0970. The van der Waals surface area contributed by atoms with E-state index in [-0.39, 0.29) is 28.9 Å². The molecule has 3 aromatic rings. The van der Waals surface area contributed by atoms with E-state index >= 15 is 0 Å². The van der Waals surface area contributed by atoms with Gasteiger partial charge in [0.2, 0.25) is 5.62 Å². The Bertz CT molecular complexity index is 1200. The molecule has 0 saturated carbocycles. The Morgan fingerprint density at radius 3 is 2.03 bits per heavy atom. The molecule has 2 aromatic carbocycles. The van der Waals surface area contributed by atoms with E-state index in [0.29, 0.717) is 17.7 Å². The number of halogens is 1. The zero-order valence-corrected chi connectivity index (χ0v) is 22.2. The van der Waals surface area contributed by atoms with Gasteiger partial charge in [0.15, 0.2) is 5.78 Å². The highest BCUT2D eigenvalue weighted by molar-refractivity contribution is 9.08. The molecule has 0 amide bonds. The van der Waals surface area contributed by atoms with Gasteiger partial charge in [0.25, 0.3) is 0 Å². The second kappa shape index (κ2) is 9.34. The molecule has 0 spiro atoms. The summed E-state index contributed by atoms with van der Waals surface area (Å²) in [5, 5.41) is 11.0. The molecule has 0 radical (unpaired) electrons. The number of Topliss-reactive ketones (excluding diaryl/α,β-unsaturated/α-hetero) is 1. The summed E-state index contributed by atoms with van der Waals surface area (Å²) in [5.74, 6) is 0.252. The lowest BCUT2D eigenvalue weighted by Crippen LogP contribution is -2.28. The molecule has 0 aliphatic rings. The van der Waals surface area contributed by atoms with Crippen molar-refractivity contribution < 1.29 is 9.90 Å². The average molecular weight is 512 g/mol. The van der Waals surface area contributed by atoms with Gasteiger partial charge in [-0.3, -0.25) is 4.79 Å². The molecular weight excluding hydrogens is 478 g/mol. The van der Waals surface area contributed by atoms with Gasteiger partial charge in [-0.1, -0.05) is 65.8 Å². The first-order valence-corrected chi connectivity index (χ1v) is 11.9. The number of rotatable bonds is 5. The van der Waals surface area contributed by atoms with Crippen LogP contribution in [-0.4, -0.2) is 20.0 Å². The number of hydrogen-bond donors (Lipinski definition) is 1. The molecule has 1 heterocycles. The smallest absolute Gasteiger partial charge is 0.217 e. The van der Waals surface area contributed by atoms with Crippen LogP contribution >= 0.6 is 16.1 Å². The fourth-order valence-corrected chi connectivity index (χ4v) is 4.37. The molecule has 1 N–H and O–H groups in total. The van der Waals surface area contributed by atoms with E-state index in [1.54, 1.807) is 0 Å². The Morgan fingerprint density at radius 2 is 1.52 bits per heavy atom. The molecule has 0 bridgehead atoms. The number of nitrogens with zero attached hydrogens (tertiary/aromatic N) is 3. The summed E-state index contributed by atoms with van der Waals surface area (Å²) in [6, 6.07) is 11.9. The summed E-state index contributed by atoms with van der Waals surface area (Å²) in [7, 11) is 0. The molecular formula is C27H34BrN3O2. The normalized spacial score (nSPS) is 12.9. The van der Waals surface area contributed by atoms with Crippen LogP contribution < -0.4 is 5.62 Å². The quantitative estimate of drug-likeness (QED) is 0.424. The fourth-order valence-electron chi connectivity index (χ4n) is 3.96. The predicted molar refractivity (Wildman–Crippen MR) is 137 cm³/mol. The van der Waals surface area contributed by atoms with Gasteiger partial charge in [-0.05, 0) is 41.0 Å². The first-order chi connectivity index (χ1) is 15.3. The molecule has 0 atom stereocenters. The SMILES string of the molecule is Cc1ccccc1Cn1ccn(CC(=O)c2cc(C(C)(C)C)c(O)c(C(C)(C)C)c2)/c1=N\Br. The average Bonchev–Trinajstić information content (AvgIpc) is 3.09. The van der Waals surface area contributed by atoms with Gasteiger partial charge in [0, 0.05) is 29.1 Å². The Morgan fingerprint density at radius 1 is 0.970 bits per heavy atom. The van der Waals surface area contributed by atoms with Crippen molar-refractivity contribution in [1.82, 2.24) is 9.13 Å². The summed E-state index contributed by atoms with van der Waals surface area (Å²) in [5.41, 5.74) is 4.66. The highest BCUT2D eigenvalue weighted by Gasteiger charge is 2.28. The van der Waals surface area contributed by atoms with E-state index in [1.165, 1.54) is 11.1 Å². The van der Waals surface area contributed by atoms with E-state index in [1.807, 2.05) is 87.3 Å². The van der Waals surface area contributed by atoms with Crippen LogP contribution in [0, 0.1) is 6.92 Å². The summed E-state index contributed by atoms with van der Waals surface area (Å²) < 4.78 is 8.14. The van der Waals surface area contributed by atoms with Gasteiger partial charge in [-0.2, -0.15) is 4.02 Å². The molecule has 3 rings (SSSR count). The monoisotopic (exact) mass is 511 g/mol. The van der Waals surface area contributed by atoms with Crippen molar-refractivity contribution in [1.29, 1.82) is 0 Å². The fraction of sp³-hybridized carbons (Fsp3) is 0.407. The number of aromatic hydroxyl groups is 1. The number of aromatic nitrogens is 2. The van der Waals surface area contributed by atoms with Crippen LogP contribution in [0.5, 0.6) is 5.75 Å². The van der Waals surface area contributed by atoms with E-state index in [9.17, 15) is 9.90 Å². The number of aryl methyl sites for hydroxylation is 1. The third kappa shape index (κ3) is 5.49. The Balaban J connectivity index is 1.98. The van der Waals surface area contributed by atoms with Crippen LogP contribution in [0.2, 0.25) is 0 Å². The van der Waals surface area contributed by atoms with Crippen LogP contribution in [0.3, 0.4) is 0 Å². The lowest BCUT2D eigenvalue weighted by Gasteiger charge is -2.28. The summed E-state index contributed by atoms with van der Waals surface area (Å²) in [4.78, 5) is 13.4. The van der Waals surface area contributed by atoms with Gasteiger partial charge in [-0.25, -0.2) is 0 Å². The van der Waals surface area contributed by atoms with Crippen molar-refractivity contribution in [2.75, 3.05) is 0 Å². The third-order valence-corrected chi connectivity index (χ3v) is 6.30. The molecule has 0 aliphatic carbocycles. The number of carbonyl (C=O) groups excluding carboxylic acids is 1. The summed E-state index contributed by atoms with van der Waals surface area (Å²) >= 11 is 3.24. The number of phenolic OH excluding ortho intramolecular Hbond substituents is 1. The zero-order chi connectivity index (χ0) is 24.6. The molecule has 5 nitrogen and oxygen atoms in total. The second-order valence-electron chi connectivity index (χ2n) is 10.7. The topological polar surface area (TPSA) is 59.5 Å². The predicted octanol–water partition coefficient (Wildman–Crippen LogP) is 6.04. The van der Waals surface area contributed by atoms with Gasteiger partial charge in [0.05, 0.1) is 29.2 Å². The number of hydrogen-bond acceptors (Lipinski definition) is 3. The van der Waals surface area contributed by atoms with Crippen LogP contribution in [0.15, 0.2) is 52.8 Å². The zero-order valence-electron chi connectivity index (χ0n) is 20.6. The number of benzene rings is 2. The van der Waals surface area contributed by atoms with Crippen molar-refractivity contribution in [3.63, 3.8) is 0 Å². The molecule has 6 heteroatoms. The van der Waals surface area contributed by atoms with E-state index in [0.717, 1.165) is 11.1 Å². The lowest BCUT2D eigenvalue weighted by atomic mass is 9.78.